The highest BCUT2D eigenvalue weighted by atomic mass is 16.6. The van der Waals surface area contributed by atoms with Gasteiger partial charge in [0.15, 0.2) is 0 Å². The van der Waals surface area contributed by atoms with Gasteiger partial charge in [-0.05, 0) is 18.4 Å². The zero-order chi connectivity index (χ0) is 16.7. The minimum Gasteiger partial charge on any atom is -0.480 e. The van der Waals surface area contributed by atoms with Gasteiger partial charge in [0.2, 0.25) is 0 Å². The minimum absolute atomic E-state index is 0.0560. The van der Waals surface area contributed by atoms with Crippen LogP contribution in [0.2, 0.25) is 0 Å². The van der Waals surface area contributed by atoms with E-state index in [-0.39, 0.29) is 19.1 Å². The lowest BCUT2D eigenvalue weighted by molar-refractivity contribution is -0.144. The van der Waals surface area contributed by atoms with E-state index in [1.807, 2.05) is 30.3 Å². The van der Waals surface area contributed by atoms with Gasteiger partial charge in [-0.1, -0.05) is 44.2 Å². The summed E-state index contributed by atoms with van der Waals surface area (Å²) in [6, 6.07) is 8.07. The largest absolute Gasteiger partial charge is 0.480 e. The number of aliphatic hydroxyl groups is 1. The molecule has 0 aromatic heterocycles. The smallest absolute Gasteiger partial charge is 0.410 e. The van der Waals surface area contributed by atoms with Crippen molar-refractivity contribution in [3.8, 4) is 0 Å². The number of hydrogen-bond donors (Lipinski definition) is 2. The van der Waals surface area contributed by atoms with Gasteiger partial charge in [-0.3, -0.25) is 4.90 Å². The van der Waals surface area contributed by atoms with Gasteiger partial charge >= 0.3 is 12.1 Å². The van der Waals surface area contributed by atoms with Gasteiger partial charge in [0, 0.05) is 0 Å². The number of ether oxygens (including phenoxy) is 1. The summed E-state index contributed by atoms with van der Waals surface area (Å²) in [5.74, 6) is -1.42. The number of aliphatic carboxylic acids is 1. The number of carbonyl (C=O) groups excluding carboxylic acids is 1. The number of carbonyl (C=O) groups is 2. The Bertz CT molecular complexity index is 487. The second-order valence-electron chi connectivity index (χ2n) is 5.57. The van der Waals surface area contributed by atoms with Crippen LogP contribution in [0.4, 0.5) is 4.79 Å². The third-order valence-corrected chi connectivity index (χ3v) is 3.12. The highest BCUT2D eigenvalue weighted by Crippen LogP contribution is 2.15. The quantitative estimate of drug-likeness (QED) is 0.805. The molecule has 0 aliphatic rings. The summed E-state index contributed by atoms with van der Waals surface area (Å²) in [6.45, 7) is 4.87. The van der Waals surface area contributed by atoms with Crippen LogP contribution >= 0.6 is 0 Å². The zero-order valence-electron chi connectivity index (χ0n) is 13.1. The Labute approximate surface area is 130 Å². The highest BCUT2D eigenvalue weighted by Gasteiger charge is 2.34. The van der Waals surface area contributed by atoms with Crippen molar-refractivity contribution in [1.29, 1.82) is 0 Å². The molecule has 0 aliphatic heterocycles. The van der Waals surface area contributed by atoms with Gasteiger partial charge in [0.1, 0.15) is 12.6 Å². The molecule has 1 rings (SSSR count). The van der Waals surface area contributed by atoms with Crippen LogP contribution in [0.15, 0.2) is 30.3 Å². The standard InChI is InChI=1S/C16H23NO5/c1-11(2)14(15(19)20)17(9-12(3)18)16(21)22-10-13-7-5-4-6-8-13/h4-8,11-12,14,18H,9-10H2,1-3H3,(H,19,20)/t12?,14-/m0/s1. The molecule has 6 heteroatoms. The fraction of sp³-hybridized carbons (Fsp3) is 0.500. The van der Waals surface area contributed by atoms with Crippen LogP contribution in [-0.2, 0) is 16.1 Å². The first-order valence-corrected chi connectivity index (χ1v) is 7.21. The van der Waals surface area contributed by atoms with Gasteiger partial charge < -0.3 is 14.9 Å². The Hall–Kier alpha value is -2.08. The van der Waals surface area contributed by atoms with Crippen molar-refractivity contribution >= 4 is 12.1 Å². The third-order valence-electron chi connectivity index (χ3n) is 3.12. The van der Waals surface area contributed by atoms with Crippen LogP contribution in [0.1, 0.15) is 26.3 Å². The molecule has 122 valence electrons. The van der Waals surface area contributed by atoms with Gasteiger partial charge in [-0.15, -0.1) is 0 Å². The maximum Gasteiger partial charge on any atom is 0.410 e. The summed E-state index contributed by atoms with van der Waals surface area (Å²) in [7, 11) is 0. The number of carboxylic acid groups (broad SMARTS) is 1. The molecular formula is C16H23NO5. The lowest BCUT2D eigenvalue weighted by Crippen LogP contribution is -2.50. The van der Waals surface area contributed by atoms with Crippen molar-refractivity contribution in [3.05, 3.63) is 35.9 Å². The zero-order valence-corrected chi connectivity index (χ0v) is 13.1. The molecule has 0 radical (unpaired) electrons. The SMILES string of the molecule is CC(O)CN(C(=O)OCc1ccccc1)[C@H](C(=O)O)C(C)C. The summed E-state index contributed by atoms with van der Waals surface area (Å²) in [5, 5.41) is 18.9. The number of amides is 1. The van der Waals surface area contributed by atoms with Gasteiger partial charge in [0.05, 0.1) is 12.6 Å². The molecule has 1 unspecified atom stereocenters. The molecule has 0 saturated carbocycles. The molecule has 1 aromatic rings. The summed E-state index contributed by atoms with van der Waals surface area (Å²) < 4.78 is 5.18. The first-order chi connectivity index (χ1) is 10.3. The van der Waals surface area contributed by atoms with Gasteiger partial charge in [-0.2, -0.15) is 0 Å². The van der Waals surface area contributed by atoms with Gasteiger partial charge in [-0.25, -0.2) is 9.59 Å². The number of benzene rings is 1. The predicted octanol–water partition coefficient (Wildman–Crippen LogP) is 2.12. The van der Waals surface area contributed by atoms with Crippen molar-refractivity contribution in [2.75, 3.05) is 6.54 Å². The first kappa shape index (κ1) is 18.0. The van der Waals surface area contributed by atoms with E-state index >= 15 is 0 Å². The molecule has 0 heterocycles. The molecule has 0 fully saturated rings. The van der Waals surface area contributed by atoms with Crippen molar-refractivity contribution in [3.63, 3.8) is 0 Å². The summed E-state index contributed by atoms with van der Waals surface area (Å²) in [4.78, 5) is 24.7. The van der Waals surface area contributed by atoms with E-state index in [1.165, 1.54) is 6.92 Å². The molecule has 2 atom stereocenters. The average Bonchev–Trinajstić information content (AvgIpc) is 2.44. The van der Waals surface area contributed by atoms with E-state index in [1.54, 1.807) is 13.8 Å². The molecule has 6 nitrogen and oxygen atoms in total. The monoisotopic (exact) mass is 309 g/mol. The van der Waals surface area contributed by atoms with Crippen LogP contribution < -0.4 is 0 Å². The molecule has 22 heavy (non-hydrogen) atoms. The minimum atomic E-state index is -1.12. The summed E-state index contributed by atoms with van der Waals surface area (Å²) in [5.41, 5.74) is 0.810. The van der Waals surface area contributed by atoms with E-state index in [4.69, 9.17) is 4.74 Å². The van der Waals surface area contributed by atoms with Gasteiger partial charge in [0.25, 0.3) is 0 Å². The molecule has 0 saturated heterocycles. The maximum atomic E-state index is 12.2. The van der Waals surface area contributed by atoms with Crippen molar-refractivity contribution < 1.29 is 24.5 Å². The molecule has 0 aliphatic carbocycles. The molecule has 1 amide bonds. The number of rotatable bonds is 7. The van der Waals surface area contributed by atoms with Crippen molar-refractivity contribution in [1.82, 2.24) is 4.90 Å². The average molecular weight is 309 g/mol. The molecule has 0 bridgehead atoms. The van der Waals surface area contributed by atoms with E-state index in [0.717, 1.165) is 10.5 Å². The Morgan fingerprint density at radius 1 is 1.18 bits per heavy atom. The van der Waals surface area contributed by atoms with Crippen LogP contribution in [0.5, 0.6) is 0 Å². The Balaban J connectivity index is 2.81. The summed E-state index contributed by atoms with van der Waals surface area (Å²) in [6.07, 6.45) is -1.59. The van der Waals surface area contributed by atoms with E-state index in [0.29, 0.717) is 0 Å². The summed E-state index contributed by atoms with van der Waals surface area (Å²) >= 11 is 0. The maximum absolute atomic E-state index is 12.2. The molecule has 2 N–H and O–H groups in total. The number of hydrogen-bond acceptors (Lipinski definition) is 4. The van der Waals surface area contributed by atoms with E-state index in [9.17, 15) is 19.8 Å². The normalized spacial score (nSPS) is 13.5. The predicted molar refractivity (Wildman–Crippen MR) is 81.3 cm³/mol. The van der Waals surface area contributed by atoms with Crippen LogP contribution in [0, 0.1) is 5.92 Å². The van der Waals surface area contributed by atoms with E-state index < -0.39 is 24.2 Å². The second-order valence-corrected chi connectivity index (χ2v) is 5.57. The second kappa shape index (κ2) is 8.38. The topological polar surface area (TPSA) is 87.1 Å². The van der Waals surface area contributed by atoms with Crippen molar-refractivity contribution in [2.45, 2.75) is 39.5 Å². The number of nitrogens with zero attached hydrogens (tertiary/aromatic N) is 1. The lowest BCUT2D eigenvalue weighted by atomic mass is 10.0. The number of aliphatic hydroxyl groups excluding tert-OH is 1. The molecule has 1 aromatic carbocycles. The highest BCUT2D eigenvalue weighted by molar-refractivity contribution is 5.80. The van der Waals surface area contributed by atoms with Crippen LogP contribution in [-0.4, -0.2) is 45.9 Å². The molecular weight excluding hydrogens is 286 g/mol. The molecule has 0 spiro atoms. The third kappa shape index (κ3) is 5.37. The van der Waals surface area contributed by atoms with Crippen LogP contribution in [0.25, 0.3) is 0 Å². The lowest BCUT2D eigenvalue weighted by Gasteiger charge is -2.31. The first-order valence-electron chi connectivity index (χ1n) is 7.21. The number of carboxylic acids is 1. The van der Waals surface area contributed by atoms with E-state index in [2.05, 4.69) is 0 Å². The Morgan fingerprint density at radius 3 is 2.23 bits per heavy atom. The Morgan fingerprint density at radius 2 is 1.77 bits per heavy atom. The van der Waals surface area contributed by atoms with Crippen molar-refractivity contribution in [2.24, 2.45) is 5.92 Å². The van der Waals surface area contributed by atoms with Crippen LogP contribution in [0.3, 0.4) is 0 Å². The fourth-order valence-electron chi connectivity index (χ4n) is 2.17. The Kier molecular flexibility index (Phi) is 6.85. The fourth-order valence-corrected chi connectivity index (χ4v) is 2.17.